The zero-order chi connectivity index (χ0) is 20.0. The van der Waals surface area contributed by atoms with Gasteiger partial charge in [-0.05, 0) is 31.2 Å². The normalized spacial score (nSPS) is 17.3. The van der Waals surface area contributed by atoms with Crippen molar-refractivity contribution in [2.45, 2.75) is 25.8 Å². The third-order valence-electron chi connectivity index (χ3n) is 4.27. The van der Waals surface area contributed by atoms with Gasteiger partial charge in [-0.1, -0.05) is 0 Å². The maximum Gasteiger partial charge on any atom is 0.305 e. The van der Waals surface area contributed by atoms with E-state index >= 15 is 0 Å². The Morgan fingerprint density at radius 3 is 2.56 bits per heavy atom. The van der Waals surface area contributed by atoms with Crippen LogP contribution in [-0.2, 0) is 19.2 Å². The second-order valence-electron chi connectivity index (χ2n) is 6.27. The first-order chi connectivity index (χ1) is 12.8. The first-order valence-electron chi connectivity index (χ1n) is 8.56. The van der Waals surface area contributed by atoms with Crippen molar-refractivity contribution in [3.63, 3.8) is 0 Å². The summed E-state index contributed by atoms with van der Waals surface area (Å²) in [5.74, 6) is -1.94. The molecule has 0 spiro atoms. The molecular weight excluding hydrogens is 354 g/mol. The molecule has 1 aliphatic rings. The fourth-order valence-corrected chi connectivity index (χ4v) is 2.74. The molecule has 9 heteroatoms. The number of aliphatic carboxylic acids is 1. The number of hydrogen-bond acceptors (Lipinski definition) is 5. The predicted molar refractivity (Wildman–Crippen MR) is 96.3 cm³/mol. The lowest BCUT2D eigenvalue weighted by Crippen LogP contribution is -2.47. The van der Waals surface area contributed by atoms with E-state index in [1.54, 1.807) is 31.4 Å². The van der Waals surface area contributed by atoms with E-state index in [0.717, 1.165) is 0 Å². The number of amides is 3. The van der Waals surface area contributed by atoms with Crippen LogP contribution >= 0.6 is 0 Å². The van der Waals surface area contributed by atoms with Gasteiger partial charge in [0, 0.05) is 25.2 Å². The number of methoxy groups -OCH3 is 1. The van der Waals surface area contributed by atoms with Crippen LogP contribution in [0.3, 0.4) is 0 Å². The van der Waals surface area contributed by atoms with E-state index in [9.17, 15) is 19.2 Å². The molecule has 2 unspecified atom stereocenters. The highest BCUT2D eigenvalue weighted by molar-refractivity contribution is 6.01. The van der Waals surface area contributed by atoms with Gasteiger partial charge in [0.15, 0.2) is 0 Å². The quantitative estimate of drug-likeness (QED) is 0.592. The summed E-state index contributed by atoms with van der Waals surface area (Å²) in [6.07, 6.45) is -0.133. The maximum atomic E-state index is 12.4. The Bertz CT molecular complexity index is 718. The van der Waals surface area contributed by atoms with E-state index in [1.807, 2.05) is 0 Å². The summed E-state index contributed by atoms with van der Waals surface area (Å²) >= 11 is 0. The Kier molecular flexibility index (Phi) is 6.75. The SMILES string of the molecule is COc1ccc(N2CC(C(=O)NC(C)C(=O)NCCC(=O)O)CC2=O)cc1. The Balaban J connectivity index is 1.88. The number of rotatable bonds is 8. The molecule has 0 radical (unpaired) electrons. The Labute approximate surface area is 156 Å². The molecule has 1 saturated heterocycles. The molecule has 3 amide bonds. The van der Waals surface area contributed by atoms with Crippen LogP contribution in [0.2, 0.25) is 0 Å². The van der Waals surface area contributed by atoms with Crippen molar-refractivity contribution in [3.8, 4) is 5.75 Å². The number of carboxylic acids is 1. The topological polar surface area (TPSA) is 125 Å². The van der Waals surface area contributed by atoms with E-state index in [0.29, 0.717) is 11.4 Å². The minimum absolute atomic E-state index is 0.0124. The van der Waals surface area contributed by atoms with Crippen LogP contribution in [0.25, 0.3) is 0 Å². The van der Waals surface area contributed by atoms with Crippen molar-refractivity contribution in [1.29, 1.82) is 0 Å². The van der Waals surface area contributed by atoms with Crippen LogP contribution in [0.15, 0.2) is 24.3 Å². The summed E-state index contributed by atoms with van der Waals surface area (Å²) in [6, 6.07) is 6.14. The van der Waals surface area contributed by atoms with Crippen LogP contribution < -0.4 is 20.3 Å². The van der Waals surface area contributed by atoms with Gasteiger partial charge in [0.2, 0.25) is 17.7 Å². The zero-order valence-corrected chi connectivity index (χ0v) is 15.2. The van der Waals surface area contributed by atoms with Gasteiger partial charge in [-0.15, -0.1) is 0 Å². The molecule has 0 aliphatic carbocycles. The number of nitrogens with zero attached hydrogens (tertiary/aromatic N) is 1. The molecule has 1 aliphatic heterocycles. The summed E-state index contributed by atoms with van der Waals surface area (Å²) in [6.45, 7) is 1.72. The number of carbonyl (C=O) groups is 4. The molecule has 1 aromatic carbocycles. The van der Waals surface area contributed by atoms with E-state index in [1.165, 1.54) is 11.8 Å². The Morgan fingerprint density at radius 1 is 1.30 bits per heavy atom. The number of anilines is 1. The Hall–Kier alpha value is -3.10. The molecule has 2 atom stereocenters. The van der Waals surface area contributed by atoms with Gasteiger partial charge in [-0.25, -0.2) is 0 Å². The maximum absolute atomic E-state index is 12.4. The largest absolute Gasteiger partial charge is 0.497 e. The van der Waals surface area contributed by atoms with Gasteiger partial charge in [-0.2, -0.15) is 0 Å². The van der Waals surface area contributed by atoms with Gasteiger partial charge in [0.1, 0.15) is 11.8 Å². The lowest BCUT2D eigenvalue weighted by molar-refractivity contribution is -0.137. The molecule has 3 N–H and O–H groups in total. The third-order valence-corrected chi connectivity index (χ3v) is 4.27. The van der Waals surface area contributed by atoms with Gasteiger partial charge >= 0.3 is 5.97 Å². The fraction of sp³-hybridized carbons (Fsp3) is 0.444. The van der Waals surface area contributed by atoms with E-state index < -0.39 is 23.8 Å². The molecule has 27 heavy (non-hydrogen) atoms. The molecule has 0 aromatic heterocycles. The van der Waals surface area contributed by atoms with Crippen molar-refractivity contribution in [3.05, 3.63) is 24.3 Å². The lowest BCUT2D eigenvalue weighted by atomic mass is 10.1. The highest BCUT2D eigenvalue weighted by Gasteiger charge is 2.36. The second-order valence-corrected chi connectivity index (χ2v) is 6.27. The molecule has 0 saturated carbocycles. The number of ether oxygens (including phenoxy) is 1. The summed E-state index contributed by atoms with van der Waals surface area (Å²) < 4.78 is 5.09. The van der Waals surface area contributed by atoms with Crippen LogP contribution in [0.1, 0.15) is 19.8 Å². The van der Waals surface area contributed by atoms with Crippen molar-refractivity contribution in [2.24, 2.45) is 5.92 Å². The van der Waals surface area contributed by atoms with Crippen molar-refractivity contribution >= 4 is 29.4 Å². The third kappa shape index (κ3) is 5.44. The second kappa shape index (κ2) is 9.02. The van der Waals surface area contributed by atoms with Crippen molar-refractivity contribution < 1.29 is 29.0 Å². The predicted octanol–water partition coefficient (Wildman–Crippen LogP) is 0.144. The van der Waals surface area contributed by atoms with Crippen molar-refractivity contribution in [1.82, 2.24) is 10.6 Å². The lowest BCUT2D eigenvalue weighted by Gasteiger charge is -2.18. The average molecular weight is 377 g/mol. The highest BCUT2D eigenvalue weighted by atomic mass is 16.5. The number of carbonyl (C=O) groups excluding carboxylic acids is 3. The fourth-order valence-electron chi connectivity index (χ4n) is 2.74. The molecule has 0 bridgehead atoms. The van der Waals surface area contributed by atoms with Crippen LogP contribution in [0.5, 0.6) is 5.75 Å². The summed E-state index contributed by atoms with van der Waals surface area (Å²) in [4.78, 5) is 48.5. The summed E-state index contributed by atoms with van der Waals surface area (Å²) in [5, 5.41) is 13.6. The molecular formula is C18H23N3O6. The van der Waals surface area contributed by atoms with E-state index in [4.69, 9.17) is 9.84 Å². The Morgan fingerprint density at radius 2 is 1.96 bits per heavy atom. The monoisotopic (exact) mass is 377 g/mol. The standard InChI is InChI=1S/C18H23N3O6/c1-11(17(25)19-8-7-16(23)24)20-18(26)12-9-15(22)21(10-12)13-3-5-14(27-2)6-4-13/h3-6,11-12H,7-10H2,1-2H3,(H,19,25)(H,20,26)(H,23,24). The zero-order valence-electron chi connectivity index (χ0n) is 15.2. The molecule has 2 rings (SSSR count). The average Bonchev–Trinajstić information content (AvgIpc) is 3.03. The van der Waals surface area contributed by atoms with Gasteiger partial charge in [0.05, 0.1) is 19.4 Å². The highest BCUT2D eigenvalue weighted by Crippen LogP contribution is 2.26. The number of hydrogen-bond donors (Lipinski definition) is 3. The van der Waals surface area contributed by atoms with E-state index in [-0.39, 0.29) is 37.7 Å². The minimum Gasteiger partial charge on any atom is -0.497 e. The first-order valence-corrected chi connectivity index (χ1v) is 8.56. The van der Waals surface area contributed by atoms with Gasteiger partial charge in [-0.3, -0.25) is 19.2 Å². The summed E-state index contributed by atoms with van der Waals surface area (Å²) in [5.41, 5.74) is 0.676. The van der Waals surface area contributed by atoms with Gasteiger partial charge < -0.3 is 25.4 Å². The van der Waals surface area contributed by atoms with Crippen LogP contribution in [-0.4, -0.2) is 55.0 Å². The molecule has 1 fully saturated rings. The molecule has 146 valence electrons. The van der Waals surface area contributed by atoms with Gasteiger partial charge in [0.25, 0.3) is 0 Å². The molecule has 1 aromatic rings. The molecule has 1 heterocycles. The molecule has 9 nitrogen and oxygen atoms in total. The van der Waals surface area contributed by atoms with Crippen molar-refractivity contribution in [2.75, 3.05) is 25.1 Å². The minimum atomic E-state index is -1.02. The van der Waals surface area contributed by atoms with Crippen LogP contribution in [0, 0.1) is 5.92 Å². The number of benzene rings is 1. The summed E-state index contributed by atoms with van der Waals surface area (Å²) in [7, 11) is 1.55. The first kappa shape index (κ1) is 20.2. The number of nitrogens with one attached hydrogen (secondary N) is 2. The number of carboxylic acid groups (broad SMARTS) is 1. The van der Waals surface area contributed by atoms with Crippen LogP contribution in [0.4, 0.5) is 5.69 Å². The van der Waals surface area contributed by atoms with E-state index in [2.05, 4.69) is 10.6 Å². The smallest absolute Gasteiger partial charge is 0.305 e.